The second-order valence-electron chi connectivity index (χ2n) is 6.75. The minimum Gasteiger partial charge on any atom is -0.478 e. The van der Waals surface area contributed by atoms with Gasteiger partial charge < -0.3 is 15.2 Å². The van der Waals surface area contributed by atoms with Gasteiger partial charge in [-0.15, -0.1) is 0 Å². The molecule has 0 saturated carbocycles. The smallest absolute Gasteiger partial charge is 0.337 e. The van der Waals surface area contributed by atoms with Crippen LogP contribution in [0.15, 0.2) is 53.5 Å². The van der Waals surface area contributed by atoms with Crippen molar-refractivity contribution in [3.63, 3.8) is 0 Å². The molecule has 1 aliphatic heterocycles. The lowest BCUT2D eigenvalue weighted by Crippen LogP contribution is -2.45. The summed E-state index contributed by atoms with van der Waals surface area (Å²) in [5.41, 5.74) is 1.44. The first-order valence-electron chi connectivity index (χ1n) is 9.70. The Balaban J connectivity index is 1.77. The predicted molar refractivity (Wildman–Crippen MR) is 120 cm³/mol. The van der Waals surface area contributed by atoms with Gasteiger partial charge in [0.05, 0.1) is 23.9 Å². The molecule has 0 radical (unpaired) electrons. The molecule has 0 aliphatic carbocycles. The van der Waals surface area contributed by atoms with E-state index >= 15 is 0 Å². The number of carbonyl (C=O) groups excluding carboxylic acids is 3. The lowest BCUT2D eigenvalue weighted by molar-refractivity contribution is -0.129. The molecule has 0 spiro atoms. The number of ether oxygens (including phenoxy) is 1. The van der Waals surface area contributed by atoms with Crippen LogP contribution in [0.5, 0.6) is 0 Å². The molecular weight excluding hydrogens is 434 g/mol. The molecule has 2 aromatic rings. The molecule has 1 saturated heterocycles. The minimum atomic E-state index is -1.06. The number of nitrogens with zero attached hydrogens (tertiary/aromatic N) is 2. The van der Waals surface area contributed by atoms with E-state index in [1.165, 1.54) is 48.0 Å². The van der Waals surface area contributed by atoms with Crippen LogP contribution in [-0.2, 0) is 14.3 Å². The van der Waals surface area contributed by atoms with Gasteiger partial charge in [-0.05, 0) is 55.5 Å². The number of esters is 1. The Morgan fingerprint density at radius 1 is 1.12 bits per heavy atom. The Labute approximate surface area is 188 Å². The zero-order valence-corrected chi connectivity index (χ0v) is 18.2. The molecule has 1 fully saturated rings. The van der Waals surface area contributed by atoms with Crippen LogP contribution in [0.3, 0.4) is 0 Å². The number of aromatic carboxylic acids is 1. The van der Waals surface area contributed by atoms with Crippen molar-refractivity contribution in [3.05, 3.63) is 59.7 Å². The highest BCUT2D eigenvalue weighted by molar-refractivity contribution is 8.15. The van der Waals surface area contributed by atoms with Gasteiger partial charge in [-0.2, -0.15) is 0 Å². The summed E-state index contributed by atoms with van der Waals surface area (Å²) in [6, 6.07) is 12.2. The number of thioether (sulfide) groups is 1. The van der Waals surface area contributed by atoms with E-state index in [9.17, 15) is 19.2 Å². The predicted octanol–water partition coefficient (Wildman–Crippen LogP) is 3.15. The largest absolute Gasteiger partial charge is 0.478 e. The molecule has 166 valence electrons. The zero-order chi connectivity index (χ0) is 23.3. The first kappa shape index (κ1) is 23.0. The molecule has 0 aromatic heterocycles. The third kappa shape index (κ3) is 5.33. The number of nitrogens with one attached hydrogen (secondary N) is 1. The SMILES string of the molecule is CCN1C(=O)C[C@H](C(=O)Nc2ccc(C(=O)O)cc2)SC1=Nc1ccc(C(=O)OC)cc1. The first-order chi connectivity index (χ1) is 15.3. The van der Waals surface area contributed by atoms with Crippen LogP contribution in [0.1, 0.15) is 34.1 Å². The lowest BCUT2D eigenvalue weighted by atomic mass is 10.2. The summed E-state index contributed by atoms with van der Waals surface area (Å²) in [5, 5.41) is 11.4. The van der Waals surface area contributed by atoms with E-state index in [2.05, 4.69) is 15.0 Å². The molecule has 1 atom stereocenters. The second kappa shape index (κ2) is 10.1. The van der Waals surface area contributed by atoms with Gasteiger partial charge in [-0.3, -0.25) is 14.5 Å². The summed E-state index contributed by atoms with van der Waals surface area (Å²) >= 11 is 1.17. The van der Waals surface area contributed by atoms with Crippen LogP contribution in [0.25, 0.3) is 0 Å². The van der Waals surface area contributed by atoms with Gasteiger partial charge in [0.1, 0.15) is 5.25 Å². The monoisotopic (exact) mass is 455 g/mol. The van der Waals surface area contributed by atoms with Gasteiger partial charge in [0.25, 0.3) is 0 Å². The maximum Gasteiger partial charge on any atom is 0.337 e. The maximum atomic E-state index is 12.8. The maximum absolute atomic E-state index is 12.8. The van der Waals surface area contributed by atoms with Gasteiger partial charge in [0.15, 0.2) is 5.17 Å². The molecule has 2 aromatic carbocycles. The van der Waals surface area contributed by atoms with E-state index < -0.39 is 17.2 Å². The number of hydrogen-bond acceptors (Lipinski definition) is 7. The number of amides is 2. The third-order valence-electron chi connectivity index (χ3n) is 4.66. The van der Waals surface area contributed by atoms with Gasteiger partial charge in [0, 0.05) is 18.7 Å². The quantitative estimate of drug-likeness (QED) is 0.641. The molecule has 2 N–H and O–H groups in total. The Morgan fingerprint density at radius 3 is 2.31 bits per heavy atom. The number of amidine groups is 1. The number of methoxy groups -OCH3 is 1. The fourth-order valence-corrected chi connectivity index (χ4v) is 4.13. The highest BCUT2D eigenvalue weighted by Crippen LogP contribution is 2.30. The Morgan fingerprint density at radius 2 is 1.75 bits per heavy atom. The Bertz CT molecular complexity index is 1070. The van der Waals surface area contributed by atoms with Crippen LogP contribution >= 0.6 is 11.8 Å². The molecule has 32 heavy (non-hydrogen) atoms. The van der Waals surface area contributed by atoms with Crippen LogP contribution in [-0.4, -0.2) is 57.8 Å². The number of anilines is 1. The molecule has 9 nitrogen and oxygen atoms in total. The van der Waals surface area contributed by atoms with E-state index in [1.54, 1.807) is 24.3 Å². The number of carboxylic acids is 1. The van der Waals surface area contributed by atoms with Gasteiger partial charge in [0.2, 0.25) is 11.8 Å². The summed E-state index contributed by atoms with van der Waals surface area (Å²) in [5.74, 6) is -2.13. The molecular formula is C22H21N3O6S. The van der Waals surface area contributed by atoms with Crippen molar-refractivity contribution >= 4 is 52.1 Å². The molecule has 3 rings (SSSR count). The average molecular weight is 455 g/mol. The lowest BCUT2D eigenvalue weighted by Gasteiger charge is -2.30. The van der Waals surface area contributed by atoms with Gasteiger partial charge in [-0.25, -0.2) is 14.6 Å². The molecule has 2 amide bonds. The van der Waals surface area contributed by atoms with E-state index in [0.717, 1.165) is 0 Å². The normalized spacial score (nSPS) is 17.2. The van der Waals surface area contributed by atoms with Crippen LogP contribution in [0.4, 0.5) is 11.4 Å². The fraction of sp³-hybridized carbons (Fsp3) is 0.227. The van der Waals surface area contributed by atoms with Crippen LogP contribution in [0, 0.1) is 0 Å². The standard InChI is InChI=1S/C22H21N3O6S/c1-3-25-18(26)12-17(19(27)23-15-8-4-13(5-9-15)20(28)29)32-22(25)24-16-10-6-14(7-11-16)21(30)31-2/h4-11,17H,3,12H2,1-2H3,(H,23,27)(H,28,29)/t17-/m1/s1. The summed E-state index contributed by atoms with van der Waals surface area (Å²) in [6.07, 6.45) is 0.0118. The van der Waals surface area contributed by atoms with E-state index in [0.29, 0.717) is 28.7 Å². The van der Waals surface area contributed by atoms with Crippen molar-refractivity contribution < 1.29 is 29.0 Å². The highest BCUT2D eigenvalue weighted by atomic mass is 32.2. The minimum absolute atomic E-state index is 0.0118. The van der Waals surface area contributed by atoms with Crippen LogP contribution < -0.4 is 5.32 Å². The number of aliphatic imine (C=N–C) groups is 1. The average Bonchev–Trinajstić information content (AvgIpc) is 2.79. The molecule has 10 heteroatoms. The molecule has 1 aliphatic rings. The van der Waals surface area contributed by atoms with Gasteiger partial charge >= 0.3 is 11.9 Å². The first-order valence-corrected chi connectivity index (χ1v) is 10.6. The number of hydrogen-bond donors (Lipinski definition) is 2. The molecule has 1 heterocycles. The summed E-state index contributed by atoms with van der Waals surface area (Å²) in [4.78, 5) is 53.9. The van der Waals surface area contributed by atoms with Gasteiger partial charge in [-0.1, -0.05) is 11.8 Å². The molecule has 0 unspecified atom stereocenters. The summed E-state index contributed by atoms with van der Waals surface area (Å²) in [6.45, 7) is 2.22. The number of carbonyl (C=O) groups is 4. The zero-order valence-electron chi connectivity index (χ0n) is 17.4. The van der Waals surface area contributed by atoms with Crippen molar-refractivity contribution in [2.45, 2.75) is 18.6 Å². The number of rotatable bonds is 6. The van der Waals surface area contributed by atoms with Crippen LogP contribution in [0.2, 0.25) is 0 Å². The van der Waals surface area contributed by atoms with Crippen molar-refractivity contribution in [3.8, 4) is 0 Å². The fourth-order valence-electron chi connectivity index (χ4n) is 2.97. The topological polar surface area (TPSA) is 125 Å². The van der Waals surface area contributed by atoms with Crippen molar-refractivity contribution in [1.29, 1.82) is 0 Å². The third-order valence-corrected chi connectivity index (χ3v) is 5.85. The van der Waals surface area contributed by atoms with E-state index in [-0.39, 0.29) is 23.8 Å². The summed E-state index contributed by atoms with van der Waals surface area (Å²) in [7, 11) is 1.30. The Kier molecular flexibility index (Phi) is 7.26. The Hall–Kier alpha value is -3.66. The number of benzene rings is 2. The van der Waals surface area contributed by atoms with Crippen molar-refractivity contribution in [2.24, 2.45) is 4.99 Å². The van der Waals surface area contributed by atoms with Crippen molar-refractivity contribution in [2.75, 3.05) is 19.0 Å². The number of carboxylic acid groups (broad SMARTS) is 1. The summed E-state index contributed by atoms with van der Waals surface area (Å²) < 4.78 is 4.68. The second-order valence-corrected chi connectivity index (χ2v) is 7.92. The highest BCUT2D eigenvalue weighted by Gasteiger charge is 2.35. The van der Waals surface area contributed by atoms with Crippen molar-refractivity contribution in [1.82, 2.24) is 4.90 Å². The van der Waals surface area contributed by atoms with E-state index in [4.69, 9.17) is 5.11 Å². The van der Waals surface area contributed by atoms with E-state index in [1.807, 2.05) is 6.92 Å². The molecule has 0 bridgehead atoms.